The van der Waals surface area contributed by atoms with Crippen LogP contribution in [0.2, 0.25) is 0 Å². The van der Waals surface area contributed by atoms with Gasteiger partial charge in [0.15, 0.2) is 0 Å². The van der Waals surface area contributed by atoms with Crippen molar-refractivity contribution in [2.24, 2.45) is 5.18 Å². The summed E-state index contributed by atoms with van der Waals surface area (Å²) in [5.74, 6) is 0. The molecule has 28 heavy (non-hydrogen) atoms. The van der Waals surface area contributed by atoms with Crippen molar-refractivity contribution in [2.75, 3.05) is 23.3 Å². The first kappa shape index (κ1) is 18.3. The number of benzene rings is 2. The molecule has 0 saturated carbocycles. The van der Waals surface area contributed by atoms with E-state index in [4.69, 9.17) is 0 Å². The standard InChI is InChI=1S/C19H18F3N5O/c20-19(21,22)13-3-6-18(17(9-13)26-28)27-7-1-2-15(11-27)24-14-4-5-16-12(8-14)10-23-25-16/h3-6,8-10,15,24H,1-2,7,11H2,(H,23,25). The van der Waals surface area contributed by atoms with E-state index < -0.39 is 11.7 Å². The number of fused-ring (bicyclic) bond motifs is 1. The molecule has 0 amide bonds. The van der Waals surface area contributed by atoms with E-state index in [1.807, 2.05) is 23.1 Å². The van der Waals surface area contributed by atoms with Gasteiger partial charge in [-0.05, 0) is 54.4 Å². The topological polar surface area (TPSA) is 73.4 Å². The molecule has 1 aliphatic rings. The third kappa shape index (κ3) is 3.64. The molecule has 1 saturated heterocycles. The number of halogens is 3. The lowest BCUT2D eigenvalue weighted by molar-refractivity contribution is -0.137. The molecular formula is C19H18F3N5O. The molecule has 9 heteroatoms. The molecule has 2 aromatic carbocycles. The molecule has 0 radical (unpaired) electrons. The number of aromatic nitrogens is 2. The van der Waals surface area contributed by atoms with Gasteiger partial charge in [0.1, 0.15) is 5.69 Å². The van der Waals surface area contributed by atoms with E-state index in [1.54, 1.807) is 6.20 Å². The van der Waals surface area contributed by atoms with E-state index in [0.717, 1.165) is 41.6 Å². The number of piperidine rings is 1. The lowest BCUT2D eigenvalue weighted by atomic mass is 10.0. The van der Waals surface area contributed by atoms with Crippen LogP contribution in [0.4, 0.5) is 30.2 Å². The first-order valence-electron chi connectivity index (χ1n) is 8.93. The Morgan fingerprint density at radius 1 is 1.21 bits per heavy atom. The second kappa shape index (κ2) is 7.14. The van der Waals surface area contributed by atoms with E-state index >= 15 is 0 Å². The van der Waals surface area contributed by atoms with Crippen LogP contribution in [-0.2, 0) is 6.18 Å². The second-order valence-corrected chi connectivity index (χ2v) is 6.89. The summed E-state index contributed by atoms with van der Waals surface area (Å²) in [6.07, 6.45) is -0.983. The number of rotatable bonds is 4. The number of aromatic amines is 1. The van der Waals surface area contributed by atoms with Crippen LogP contribution in [0.5, 0.6) is 0 Å². The van der Waals surface area contributed by atoms with Gasteiger partial charge in [-0.1, -0.05) is 0 Å². The average molecular weight is 389 g/mol. The van der Waals surface area contributed by atoms with Gasteiger partial charge in [-0.3, -0.25) is 5.10 Å². The summed E-state index contributed by atoms with van der Waals surface area (Å²) >= 11 is 0. The van der Waals surface area contributed by atoms with Crippen molar-refractivity contribution in [1.82, 2.24) is 10.2 Å². The van der Waals surface area contributed by atoms with Gasteiger partial charge in [-0.25, -0.2) is 0 Å². The fourth-order valence-corrected chi connectivity index (χ4v) is 3.62. The molecule has 1 unspecified atom stereocenters. The minimum Gasteiger partial charge on any atom is -0.381 e. The zero-order valence-electron chi connectivity index (χ0n) is 14.8. The number of hydrogen-bond donors (Lipinski definition) is 2. The maximum absolute atomic E-state index is 12.9. The summed E-state index contributed by atoms with van der Waals surface area (Å²) in [6.45, 7) is 1.23. The first-order valence-corrected chi connectivity index (χ1v) is 8.93. The summed E-state index contributed by atoms with van der Waals surface area (Å²) in [6, 6.07) is 9.12. The van der Waals surface area contributed by atoms with E-state index in [0.29, 0.717) is 18.8 Å². The zero-order chi connectivity index (χ0) is 19.7. The molecule has 0 bridgehead atoms. The van der Waals surface area contributed by atoms with Crippen molar-refractivity contribution in [3.05, 3.63) is 53.1 Å². The van der Waals surface area contributed by atoms with E-state index in [2.05, 4.69) is 20.7 Å². The summed E-state index contributed by atoms with van der Waals surface area (Å²) in [7, 11) is 0. The van der Waals surface area contributed by atoms with Gasteiger partial charge in [-0.2, -0.15) is 18.3 Å². The van der Waals surface area contributed by atoms with Crippen LogP contribution in [0, 0.1) is 4.91 Å². The molecule has 2 N–H and O–H groups in total. The Balaban J connectivity index is 1.52. The monoisotopic (exact) mass is 389 g/mol. The van der Waals surface area contributed by atoms with Crippen molar-refractivity contribution in [3.63, 3.8) is 0 Å². The summed E-state index contributed by atoms with van der Waals surface area (Å²) < 4.78 is 38.7. The van der Waals surface area contributed by atoms with Gasteiger partial charge in [0.2, 0.25) is 0 Å². The number of H-pyrrole nitrogens is 1. The fourth-order valence-electron chi connectivity index (χ4n) is 3.62. The second-order valence-electron chi connectivity index (χ2n) is 6.89. The number of hydrogen-bond acceptors (Lipinski definition) is 5. The lowest BCUT2D eigenvalue weighted by Gasteiger charge is -2.35. The third-order valence-corrected chi connectivity index (χ3v) is 4.97. The smallest absolute Gasteiger partial charge is 0.381 e. The van der Waals surface area contributed by atoms with Crippen LogP contribution < -0.4 is 10.2 Å². The van der Waals surface area contributed by atoms with E-state index in [-0.39, 0.29) is 11.7 Å². The van der Waals surface area contributed by atoms with E-state index in [1.165, 1.54) is 6.07 Å². The van der Waals surface area contributed by atoms with Crippen LogP contribution >= 0.6 is 0 Å². The Bertz CT molecular complexity index is 1000. The van der Waals surface area contributed by atoms with Crippen LogP contribution in [0.15, 0.2) is 47.8 Å². The van der Waals surface area contributed by atoms with Gasteiger partial charge in [0.05, 0.1) is 23.0 Å². The first-order chi connectivity index (χ1) is 13.4. The lowest BCUT2D eigenvalue weighted by Crippen LogP contribution is -2.42. The quantitative estimate of drug-likeness (QED) is 0.612. The zero-order valence-corrected chi connectivity index (χ0v) is 14.8. The highest BCUT2D eigenvalue weighted by atomic mass is 19.4. The maximum atomic E-state index is 12.9. The van der Waals surface area contributed by atoms with Crippen LogP contribution in [0.3, 0.4) is 0 Å². The highest BCUT2D eigenvalue weighted by Crippen LogP contribution is 2.37. The number of nitrogens with one attached hydrogen (secondary N) is 2. The fraction of sp³-hybridized carbons (Fsp3) is 0.316. The van der Waals surface area contributed by atoms with Gasteiger partial charge in [-0.15, -0.1) is 4.91 Å². The van der Waals surface area contributed by atoms with Gasteiger partial charge < -0.3 is 10.2 Å². The van der Waals surface area contributed by atoms with Crippen molar-refractivity contribution in [2.45, 2.75) is 25.1 Å². The van der Waals surface area contributed by atoms with Crippen molar-refractivity contribution in [1.29, 1.82) is 0 Å². The molecular weight excluding hydrogens is 371 g/mol. The molecule has 4 rings (SSSR count). The van der Waals surface area contributed by atoms with Crippen LogP contribution in [-0.4, -0.2) is 29.3 Å². The van der Waals surface area contributed by atoms with Gasteiger partial charge in [0, 0.05) is 30.2 Å². The summed E-state index contributed by atoms with van der Waals surface area (Å²) in [4.78, 5) is 13.1. The summed E-state index contributed by atoms with van der Waals surface area (Å²) in [5, 5.41) is 14.2. The highest BCUT2D eigenvalue weighted by Gasteiger charge is 2.32. The molecule has 3 aromatic rings. The number of nitroso groups, excluding NO2 is 1. The number of nitrogens with zero attached hydrogens (tertiary/aromatic N) is 3. The highest BCUT2D eigenvalue weighted by molar-refractivity contribution is 5.81. The van der Waals surface area contributed by atoms with Gasteiger partial charge >= 0.3 is 6.18 Å². The molecule has 1 aromatic heterocycles. The maximum Gasteiger partial charge on any atom is 0.416 e. The van der Waals surface area contributed by atoms with Crippen LogP contribution in [0.1, 0.15) is 18.4 Å². The average Bonchev–Trinajstić information content (AvgIpc) is 3.15. The molecule has 1 aliphatic heterocycles. The summed E-state index contributed by atoms with van der Waals surface area (Å²) in [5.41, 5.74) is 1.27. The molecule has 2 heterocycles. The molecule has 1 atom stereocenters. The Morgan fingerprint density at radius 3 is 2.86 bits per heavy atom. The largest absolute Gasteiger partial charge is 0.416 e. The Hall–Kier alpha value is -3.10. The van der Waals surface area contributed by atoms with Crippen molar-refractivity contribution in [3.8, 4) is 0 Å². The SMILES string of the molecule is O=Nc1cc(C(F)(F)F)ccc1N1CCCC(Nc2ccc3[nH]ncc3c2)C1. The normalized spacial score (nSPS) is 17.7. The Labute approximate surface area is 158 Å². The predicted octanol–water partition coefficient (Wildman–Crippen LogP) is 5.06. The molecule has 0 spiro atoms. The van der Waals surface area contributed by atoms with Crippen molar-refractivity contribution < 1.29 is 13.2 Å². The molecule has 0 aliphatic carbocycles. The molecule has 146 valence electrons. The third-order valence-electron chi connectivity index (χ3n) is 4.97. The van der Waals surface area contributed by atoms with E-state index in [9.17, 15) is 18.1 Å². The number of alkyl halides is 3. The molecule has 1 fully saturated rings. The van der Waals surface area contributed by atoms with Crippen molar-refractivity contribution >= 4 is 28.0 Å². The predicted molar refractivity (Wildman–Crippen MR) is 102 cm³/mol. The Morgan fingerprint density at radius 2 is 2.07 bits per heavy atom. The number of anilines is 2. The minimum atomic E-state index is -4.50. The van der Waals surface area contributed by atoms with Crippen LogP contribution in [0.25, 0.3) is 10.9 Å². The minimum absolute atomic E-state index is 0.0971. The molecule has 6 nitrogen and oxygen atoms in total. The van der Waals surface area contributed by atoms with Gasteiger partial charge in [0.25, 0.3) is 0 Å². The Kier molecular flexibility index (Phi) is 4.66.